The van der Waals surface area contributed by atoms with Crippen LogP contribution < -0.4 is 9.80 Å². The first-order valence-electron chi connectivity index (χ1n) is 6.66. The smallest absolute Gasteiger partial charge is 0.299 e. The van der Waals surface area contributed by atoms with Crippen molar-refractivity contribution in [1.29, 1.82) is 0 Å². The Labute approximate surface area is 113 Å². The summed E-state index contributed by atoms with van der Waals surface area (Å²) in [5.41, 5.74) is 2.31. The topological polar surface area (TPSA) is 40.6 Å². The van der Waals surface area contributed by atoms with Crippen molar-refractivity contribution in [3.05, 3.63) is 23.8 Å². The summed E-state index contributed by atoms with van der Waals surface area (Å²) in [7, 11) is 3.71. The molecule has 1 aliphatic carbocycles. The van der Waals surface area contributed by atoms with E-state index in [0.717, 1.165) is 29.8 Å². The van der Waals surface area contributed by atoms with E-state index in [0.29, 0.717) is 5.56 Å². The van der Waals surface area contributed by atoms with Gasteiger partial charge in [-0.15, -0.1) is 0 Å². The third kappa shape index (κ3) is 1.91. The number of hydrogen-bond acceptors (Lipinski definition) is 3. The number of ketones is 1. The lowest BCUT2D eigenvalue weighted by Gasteiger charge is -2.21. The lowest BCUT2D eigenvalue weighted by molar-refractivity contribution is -0.114. The molecule has 1 fully saturated rings. The van der Waals surface area contributed by atoms with Gasteiger partial charge in [-0.05, 0) is 36.5 Å². The van der Waals surface area contributed by atoms with Crippen LogP contribution >= 0.6 is 0 Å². The van der Waals surface area contributed by atoms with Crippen LogP contribution in [-0.4, -0.2) is 32.3 Å². The van der Waals surface area contributed by atoms with Gasteiger partial charge in [-0.3, -0.25) is 9.59 Å². The minimum atomic E-state index is -0.439. The second kappa shape index (κ2) is 4.08. The van der Waals surface area contributed by atoms with Crippen LogP contribution in [-0.2, 0) is 4.79 Å². The Balaban J connectivity index is 1.86. The molecule has 2 atom stereocenters. The molecular formula is C15H18N2O2. The van der Waals surface area contributed by atoms with E-state index in [-0.39, 0.29) is 0 Å². The monoisotopic (exact) mass is 258 g/mol. The molecule has 1 aromatic rings. The van der Waals surface area contributed by atoms with Gasteiger partial charge in [-0.25, -0.2) is 0 Å². The number of likely N-dealkylation sites (N-methyl/N-ethyl adjacent to an activating group) is 1. The molecule has 2 aliphatic rings. The van der Waals surface area contributed by atoms with Crippen LogP contribution in [0.3, 0.4) is 0 Å². The molecule has 3 rings (SSSR count). The maximum absolute atomic E-state index is 11.7. The van der Waals surface area contributed by atoms with Gasteiger partial charge < -0.3 is 9.80 Å². The fourth-order valence-corrected chi connectivity index (χ4v) is 2.71. The van der Waals surface area contributed by atoms with E-state index >= 15 is 0 Å². The van der Waals surface area contributed by atoms with Gasteiger partial charge in [-0.2, -0.15) is 0 Å². The maximum atomic E-state index is 11.7. The van der Waals surface area contributed by atoms with E-state index in [1.54, 1.807) is 13.1 Å². The molecular weight excluding hydrogens is 240 g/mol. The van der Waals surface area contributed by atoms with Gasteiger partial charge in [-0.1, -0.05) is 6.92 Å². The SMILES string of the molecule is CC1CC1CN(C)c1ccc2c(c1)N(C)C(=O)C2=O. The third-order valence-electron chi connectivity index (χ3n) is 4.31. The number of amides is 1. The van der Waals surface area contributed by atoms with Gasteiger partial charge in [0.2, 0.25) is 0 Å². The summed E-state index contributed by atoms with van der Waals surface area (Å²) in [5.74, 6) is 0.759. The average molecular weight is 258 g/mol. The highest BCUT2D eigenvalue weighted by Crippen LogP contribution is 2.39. The van der Waals surface area contributed by atoms with Crippen LogP contribution in [0.5, 0.6) is 0 Å². The van der Waals surface area contributed by atoms with Gasteiger partial charge in [0.25, 0.3) is 11.7 Å². The van der Waals surface area contributed by atoms with Gasteiger partial charge in [0.05, 0.1) is 11.3 Å². The summed E-state index contributed by atoms with van der Waals surface area (Å²) in [6.45, 7) is 3.30. The van der Waals surface area contributed by atoms with Crippen molar-refractivity contribution >= 4 is 23.1 Å². The number of hydrogen-bond donors (Lipinski definition) is 0. The second-order valence-corrected chi connectivity index (χ2v) is 5.75. The van der Waals surface area contributed by atoms with E-state index in [2.05, 4.69) is 18.9 Å². The standard InChI is InChI=1S/C15H18N2O2/c1-9-6-10(9)8-16(2)11-4-5-12-13(7-11)17(3)15(19)14(12)18/h4-5,7,9-10H,6,8H2,1-3H3. The van der Waals surface area contributed by atoms with Crippen molar-refractivity contribution in [2.45, 2.75) is 13.3 Å². The van der Waals surface area contributed by atoms with Crippen molar-refractivity contribution in [3.8, 4) is 0 Å². The van der Waals surface area contributed by atoms with Crippen molar-refractivity contribution in [2.75, 3.05) is 30.4 Å². The number of carbonyl (C=O) groups excluding carboxylic acids is 2. The number of nitrogens with zero attached hydrogens (tertiary/aromatic N) is 2. The molecule has 0 radical (unpaired) electrons. The molecule has 0 bridgehead atoms. The number of benzene rings is 1. The molecule has 1 amide bonds. The largest absolute Gasteiger partial charge is 0.374 e. The molecule has 0 saturated heterocycles. The highest BCUT2D eigenvalue weighted by atomic mass is 16.2. The molecule has 19 heavy (non-hydrogen) atoms. The zero-order valence-corrected chi connectivity index (χ0v) is 11.5. The summed E-state index contributed by atoms with van der Waals surface area (Å²) >= 11 is 0. The number of fused-ring (bicyclic) bond motifs is 1. The molecule has 0 aromatic heterocycles. The summed E-state index contributed by atoms with van der Waals surface area (Å²) in [4.78, 5) is 27.0. The third-order valence-corrected chi connectivity index (χ3v) is 4.31. The molecule has 0 N–H and O–H groups in total. The predicted octanol–water partition coefficient (Wildman–Crippen LogP) is 1.94. The van der Waals surface area contributed by atoms with Crippen LogP contribution in [0, 0.1) is 11.8 Å². The van der Waals surface area contributed by atoms with Gasteiger partial charge in [0, 0.05) is 26.3 Å². The first-order valence-corrected chi connectivity index (χ1v) is 6.66. The fraction of sp³-hybridized carbons (Fsp3) is 0.467. The van der Waals surface area contributed by atoms with Crippen LogP contribution in [0.15, 0.2) is 18.2 Å². The van der Waals surface area contributed by atoms with E-state index in [1.807, 2.05) is 12.1 Å². The fourth-order valence-electron chi connectivity index (χ4n) is 2.71. The van der Waals surface area contributed by atoms with E-state index in [9.17, 15) is 9.59 Å². The molecule has 1 heterocycles. The first-order chi connectivity index (χ1) is 8.99. The average Bonchev–Trinajstić information content (AvgIpc) is 3.05. The quantitative estimate of drug-likeness (QED) is 0.778. The molecule has 4 nitrogen and oxygen atoms in total. The summed E-state index contributed by atoms with van der Waals surface area (Å²) in [5, 5.41) is 0. The van der Waals surface area contributed by atoms with Crippen molar-refractivity contribution < 1.29 is 9.59 Å². The summed E-state index contributed by atoms with van der Waals surface area (Å²) in [6.07, 6.45) is 1.30. The van der Waals surface area contributed by atoms with Crippen molar-refractivity contribution in [3.63, 3.8) is 0 Å². The highest BCUT2D eigenvalue weighted by molar-refractivity contribution is 6.52. The molecule has 1 saturated carbocycles. The minimum Gasteiger partial charge on any atom is -0.374 e. The lowest BCUT2D eigenvalue weighted by atomic mass is 10.1. The molecule has 1 aromatic carbocycles. The Hall–Kier alpha value is -1.84. The second-order valence-electron chi connectivity index (χ2n) is 5.75. The van der Waals surface area contributed by atoms with Crippen molar-refractivity contribution in [2.24, 2.45) is 11.8 Å². The zero-order valence-electron chi connectivity index (χ0n) is 11.5. The first kappa shape index (κ1) is 12.2. The lowest BCUT2D eigenvalue weighted by Crippen LogP contribution is -2.25. The molecule has 1 aliphatic heterocycles. The van der Waals surface area contributed by atoms with Crippen LogP contribution in [0.2, 0.25) is 0 Å². The predicted molar refractivity (Wildman–Crippen MR) is 74.7 cm³/mol. The molecule has 2 unspecified atom stereocenters. The zero-order chi connectivity index (χ0) is 13.7. The maximum Gasteiger partial charge on any atom is 0.299 e. The molecule has 0 spiro atoms. The summed E-state index contributed by atoms with van der Waals surface area (Å²) < 4.78 is 0. The van der Waals surface area contributed by atoms with E-state index < -0.39 is 11.7 Å². The number of anilines is 2. The van der Waals surface area contributed by atoms with E-state index in [4.69, 9.17) is 0 Å². The normalized spacial score (nSPS) is 24.7. The molecule has 4 heteroatoms. The van der Waals surface area contributed by atoms with Crippen molar-refractivity contribution in [1.82, 2.24) is 0 Å². The van der Waals surface area contributed by atoms with Crippen LogP contribution in [0.1, 0.15) is 23.7 Å². The number of rotatable bonds is 3. The van der Waals surface area contributed by atoms with Crippen LogP contribution in [0.25, 0.3) is 0 Å². The summed E-state index contributed by atoms with van der Waals surface area (Å²) in [6, 6.07) is 5.63. The van der Waals surface area contributed by atoms with Crippen LogP contribution in [0.4, 0.5) is 11.4 Å². The molecule has 100 valence electrons. The Morgan fingerprint density at radius 3 is 2.68 bits per heavy atom. The Morgan fingerprint density at radius 1 is 1.37 bits per heavy atom. The minimum absolute atomic E-state index is 0.400. The number of Topliss-reactive ketones (excluding diaryl/α,β-unsaturated/α-hetero) is 1. The number of carbonyl (C=O) groups is 2. The van der Waals surface area contributed by atoms with Gasteiger partial charge in [0.1, 0.15) is 0 Å². The van der Waals surface area contributed by atoms with E-state index in [1.165, 1.54) is 11.3 Å². The Morgan fingerprint density at radius 2 is 2.05 bits per heavy atom. The Kier molecular flexibility index (Phi) is 2.62. The highest BCUT2D eigenvalue weighted by Gasteiger charge is 2.35. The van der Waals surface area contributed by atoms with Gasteiger partial charge >= 0.3 is 0 Å². The Bertz CT molecular complexity index is 567. The van der Waals surface area contributed by atoms with Gasteiger partial charge in [0.15, 0.2) is 0 Å².